The van der Waals surface area contributed by atoms with E-state index in [2.05, 4.69) is 9.97 Å². The monoisotopic (exact) mass is 355 g/mol. The molecule has 0 bridgehead atoms. The van der Waals surface area contributed by atoms with Crippen LogP contribution in [-0.2, 0) is 29.3 Å². The molecule has 1 aliphatic heterocycles. The Labute approximate surface area is 139 Å². The molecule has 3 rings (SSSR count). The fourth-order valence-corrected chi connectivity index (χ4v) is 3.32. The SMILES string of the molecule is CS(=O)(=O)c1ncc2c(n1)CCN(Cc1c(F)cccc1Cl)C2. The Bertz CT molecular complexity index is 838. The number of rotatable bonds is 3. The van der Waals surface area contributed by atoms with E-state index in [1.54, 1.807) is 12.1 Å². The third-order valence-corrected chi connectivity index (χ3v) is 4.98. The third kappa shape index (κ3) is 3.52. The minimum Gasteiger partial charge on any atom is -0.294 e. The summed E-state index contributed by atoms with van der Waals surface area (Å²) < 4.78 is 36.9. The normalized spacial score (nSPS) is 15.4. The Hall–Kier alpha value is -1.57. The number of halogens is 2. The second-order valence-electron chi connectivity index (χ2n) is 5.56. The average Bonchev–Trinajstić information content (AvgIpc) is 2.49. The summed E-state index contributed by atoms with van der Waals surface area (Å²) in [5.41, 5.74) is 2.05. The average molecular weight is 356 g/mol. The van der Waals surface area contributed by atoms with Crippen LogP contribution in [0.25, 0.3) is 0 Å². The van der Waals surface area contributed by atoms with Crippen molar-refractivity contribution in [1.82, 2.24) is 14.9 Å². The van der Waals surface area contributed by atoms with Crippen LogP contribution in [0.2, 0.25) is 5.02 Å². The molecule has 1 aromatic heterocycles. The molecule has 122 valence electrons. The van der Waals surface area contributed by atoms with E-state index in [4.69, 9.17) is 11.6 Å². The van der Waals surface area contributed by atoms with Gasteiger partial charge in [0.1, 0.15) is 5.82 Å². The van der Waals surface area contributed by atoms with Crippen LogP contribution in [0.1, 0.15) is 16.8 Å². The maximum atomic E-state index is 13.9. The minimum absolute atomic E-state index is 0.151. The van der Waals surface area contributed by atoms with Crippen LogP contribution in [0.4, 0.5) is 4.39 Å². The van der Waals surface area contributed by atoms with Gasteiger partial charge in [-0.15, -0.1) is 0 Å². The van der Waals surface area contributed by atoms with E-state index >= 15 is 0 Å². The van der Waals surface area contributed by atoms with E-state index in [-0.39, 0.29) is 11.0 Å². The molecule has 0 aliphatic carbocycles. The number of fused-ring (bicyclic) bond motifs is 1. The first-order valence-electron chi connectivity index (χ1n) is 7.04. The summed E-state index contributed by atoms with van der Waals surface area (Å²) >= 11 is 6.06. The number of hydrogen-bond acceptors (Lipinski definition) is 5. The molecule has 0 fully saturated rings. The molecule has 0 unspecified atom stereocenters. The van der Waals surface area contributed by atoms with Crippen LogP contribution >= 0.6 is 11.6 Å². The van der Waals surface area contributed by atoms with Gasteiger partial charge in [-0.25, -0.2) is 22.8 Å². The lowest BCUT2D eigenvalue weighted by molar-refractivity contribution is 0.239. The predicted octanol–water partition coefficient (Wildman–Crippen LogP) is 2.23. The van der Waals surface area contributed by atoms with Gasteiger partial charge in [0.05, 0.1) is 5.69 Å². The van der Waals surface area contributed by atoms with E-state index in [1.807, 2.05) is 4.90 Å². The highest BCUT2D eigenvalue weighted by Crippen LogP contribution is 2.24. The van der Waals surface area contributed by atoms with Crippen LogP contribution in [0.3, 0.4) is 0 Å². The molecule has 2 heterocycles. The Balaban J connectivity index is 1.81. The highest BCUT2D eigenvalue weighted by atomic mass is 35.5. The lowest BCUT2D eigenvalue weighted by Crippen LogP contribution is -2.31. The molecule has 1 aliphatic rings. The number of nitrogens with zero attached hydrogens (tertiary/aromatic N) is 3. The zero-order valence-corrected chi connectivity index (χ0v) is 14.0. The molecule has 0 atom stereocenters. The molecule has 0 saturated heterocycles. The molecule has 0 amide bonds. The quantitative estimate of drug-likeness (QED) is 0.790. The Kier molecular flexibility index (Phi) is 4.35. The van der Waals surface area contributed by atoms with Crippen molar-refractivity contribution in [2.24, 2.45) is 0 Å². The van der Waals surface area contributed by atoms with E-state index in [9.17, 15) is 12.8 Å². The molecule has 5 nitrogen and oxygen atoms in total. The van der Waals surface area contributed by atoms with Crippen LogP contribution in [0, 0.1) is 5.82 Å². The Morgan fingerprint density at radius 3 is 2.87 bits per heavy atom. The van der Waals surface area contributed by atoms with Gasteiger partial charge in [-0.2, -0.15) is 0 Å². The molecular formula is C15H15ClFN3O2S. The van der Waals surface area contributed by atoms with Gasteiger partial charge in [-0.3, -0.25) is 4.90 Å². The zero-order valence-electron chi connectivity index (χ0n) is 12.5. The molecule has 0 spiro atoms. The molecular weight excluding hydrogens is 341 g/mol. The number of aromatic nitrogens is 2. The summed E-state index contributed by atoms with van der Waals surface area (Å²) in [6.45, 7) is 1.57. The standard InChI is InChI=1S/C15H15ClFN3O2S/c1-23(21,22)15-18-7-10-8-20(6-5-14(10)19-15)9-11-12(16)3-2-4-13(11)17/h2-4,7H,5-6,8-9H2,1H3. The van der Waals surface area contributed by atoms with Crippen molar-refractivity contribution >= 4 is 21.4 Å². The van der Waals surface area contributed by atoms with Gasteiger partial charge >= 0.3 is 0 Å². The van der Waals surface area contributed by atoms with Crippen molar-refractivity contribution in [3.8, 4) is 0 Å². The van der Waals surface area contributed by atoms with E-state index in [1.165, 1.54) is 12.3 Å². The van der Waals surface area contributed by atoms with E-state index in [0.29, 0.717) is 36.6 Å². The van der Waals surface area contributed by atoms with E-state index < -0.39 is 9.84 Å². The second-order valence-corrected chi connectivity index (χ2v) is 7.87. The van der Waals surface area contributed by atoms with Crippen molar-refractivity contribution in [2.75, 3.05) is 12.8 Å². The van der Waals surface area contributed by atoms with Gasteiger partial charge in [0, 0.05) is 54.7 Å². The van der Waals surface area contributed by atoms with Crippen LogP contribution in [0.15, 0.2) is 29.6 Å². The lowest BCUT2D eigenvalue weighted by Gasteiger charge is -2.28. The van der Waals surface area contributed by atoms with Crippen molar-refractivity contribution in [3.05, 3.63) is 52.1 Å². The van der Waals surface area contributed by atoms with Gasteiger partial charge in [0.2, 0.25) is 15.0 Å². The molecule has 2 aromatic rings. The summed E-state index contributed by atoms with van der Waals surface area (Å²) in [7, 11) is -3.41. The van der Waals surface area contributed by atoms with Gasteiger partial charge in [0.25, 0.3) is 0 Å². The largest absolute Gasteiger partial charge is 0.294 e. The second kappa shape index (κ2) is 6.14. The van der Waals surface area contributed by atoms with Crippen LogP contribution in [0.5, 0.6) is 0 Å². The third-order valence-electron chi connectivity index (χ3n) is 3.77. The molecule has 23 heavy (non-hydrogen) atoms. The topological polar surface area (TPSA) is 63.2 Å². The van der Waals surface area contributed by atoms with Crippen molar-refractivity contribution in [1.29, 1.82) is 0 Å². The maximum absolute atomic E-state index is 13.9. The summed E-state index contributed by atoms with van der Waals surface area (Å²) in [5, 5.41) is 0.251. The predicted molar refractivity (Wildman–Crippen MR) is 84.4 cm³/mol. The summed E-state index contributed by atoms with van der Waals surface area (Å²) in [6.07, 6.45) is 3.21. The summed E-state index contributed by atoms with van der Waals surface area (Å²) in [5.74, 6) is -0.327. The van der Waals surface area contributed by atoms with Gasteiger partial charge in [0.15, 0.2) is 0 Å². The molecule has 1 aromatic carbocycles. The zero-order chi connectivity index (χ0) is 16.6. The molecule has 0 N–H and O–H groups in total. The minimum atomic E-state index is -3.41. The smallest absolute Gasteiger partial charge is 0.246 e. The first kappa shape index (κ1) is 16.3. The van der Waals surface area contributed by atoms with Crippen molar-refractivity contribution in [2.45, 2.75) is 24.7 Å². The summed E-state index contributed by atoms with van der Waals surface area (Å²) in [6, 6.07) is 4.63. The molecule has 0 radical (unpaired) electrons. The number of hydrogen-bond donors (Lipinski definition) is 0. The lowest BCUT2D eigenvalue weighted by atomic mass is 10.1. The van der Waals surface area contributed by atoms with Crippen LogP contribution < -0.4 is 0 Å². The first-order chi connectivity index (χ1) is 10.8. The molecule has 8 heteroatoms. The Morgan fingerprint density at radius 1 is 1.39 bits per heavy atom. The Morgan fingerprint density at radius 2 is 2.17 bits per heavy atom. The maximum Gasteiger partial charge on any atom is 0.246 e. The summed E-state index contributed by atoms with van der Waals surface area (Å²) in [4.78, 5) is 10.1. The van der Waals surface area contributed by atoms with Crippen molar-refractivity contribution < 1.29 is 12.8 Å². The van der Waals surface area contributed by atoms with Crippen molar-refractivity contribution in [3.63, 3.8) is 0 Å². The fourth-order valence-electron chi connectivity index (χ4n) is 2.58. The fraction of sp³-hybridized carbons (Fsp3) is 0.333. The van der Waals surface area contributed by atoms with E-state index in [0.717, 1.165) is 17.5 Å². The highest BCUT2D eigenvalue weighted by molar-refractivity contribution is 7.90. The van der Waals surface area contributed by atoms with Crippen LogP contribution in [-0.4, -0.2) is 36.1 Å². The van der Waals surface area contributed by atoms with Gasteiger partial charge in [-0.05, 0) is 12.1 Å². The highest BCUT2D eigenvalue weighted by Gasteiger charge is 2.22. The van der Waals surface area contributed by atoms with Gasteiger partial charge < -0.3 is 0 Å². The number of sulfone groups is 1. The number of benzene rings is 1. The first-order valence-corrected chi connectivity index (χ1v) is 9.31. The molecule has 0 saturated carbocycles. The van der Waals surface area contributed by atoms with Gasteiger partial charge in [-0.1, -0.05) is 17.7 Å².